The lowest BCUT2D eigenvalue weighted by Gasteiger charge is -2.43. The molecule has 1 N–H and O–H groups in total. The molecule has 1 unspecified atom stereocenters. The van der Waals surface area contributed by atoms with Crippen molar-refractivity contribution in [1.29, 1.82) is 0 Å². The Morgan fingerprint density at radius 3 is 2.59 bits per heavy atom. The molecule has 2 fully saturated rings. The number of rotatable bonds is 1. The third-order valence-electron chi connectivity index (χ3n) is 3.57. The molecule has 0 aromatic rings. The van der Waals surface area contributed by atoms with Gasteiger partial charge in [-0.1, -0.05) is 0 Å². The summed E-state index contributed by atoms with van der Waals surface area (Å²) in [6, 6.07) is 0. The predicted octanol–water partition coefficient (Wildman–Crippen LogP) is 1.01. The summed E-state index contributed by atoms with van der Waals surface area (Å²) in [6.45, 7) is 9.58. The molecule has 0 saturated carbocycles. The zero-order chi connectivity index (χ0) is 12.5. The maximum atomic E-state index is 12.4. The van der Waals surface area contributed by atoms with Crippen molar-refractivity contribution >= 4 is 5.91 Å². The largest absolute Gasteiger partial charge is 0.369 e. The Bertz CT molecular complexity index is 285. The number of hydrogen-bond acceptors (Lipinski definition) is 3. The fourth-order valence-corrected chi connectivity index (χ4v) is 2.95. The lowest BCUT2D eigenvalue weighted by atomic mass is 9.95. The van der Waals surface area contributed by atoms with Gasteiger partial charge in [0.1, 0.15) is 0 Å². The van der Waals surface area contributed by atoms with E-state index < -0.39 is 0 Å². The van der Waals surface area contributed by atoms with Crippen LogP contribution < -0.4 is 5.32 Å². The van der Waals surface area contributed by atoms with Gasteiger partial charge in [0.05, 0.1) is 11.7 Å². The first-order valence-electron chi connectivity index (χ1n) is 6.65. The zero-order valence-electron chi connectivity index (χ0n) is 11.2. The average molecular weight is 240 g/mol. The maximum absolute atomic E-state index is 12.4. The molecule has 0 aromatic heterocycles. The first-order chi connectivity index (χ1) is 7.98. The van der Waals surface area contributed by atoms with Gasteiger partial charge in [-0.25, -0.2) is 0 Å². The van der Waals surface area contributed by atoms with Crippen molar-refractivity contribution < 1.29 is 9.53 Å². The molecule has 2 aliphatic heterocycles. The van der Waals surface area contributed by atoms with Crippen LogP contribution in [0.15, 0.2) is 0 Å². The molecule has 0 spiro atoms. The number of ether oxygens (including phenoxy) is 1. The fraction of sp³-hybridized carbons (Fsp3) is 0.923. The van der Waals surface area contributed by atoms with Crippen LogP contribution in [-0.2, 0) is 9.53 Å². The van der Waals surface area contributed by atoms with E-state index in [9.17, 15) is 4.79 Å². The van der Waals surface area contributed by atoms with E-state index in [0.717, 1.165) is 39.0 Å². The Morgan fingerprint density at radius 2 is 2.00 bits per heavy atom. The monoisotopic (exact) mass is 240 g/mol. The van der Waals surface area contributed by atoms with Crippen molar-refractivity contribution in [3.05, 3.63) is 0 Å². The number of hydrogen-bond donors (Lipinski definition) is 1. The fourth-order valence-electron chi connectivity index (χ4n) is 2.95. The van der Waals surface area contributed by atoms with Gasteiger partial charge in [0.2, 0.25) is 5.91 Å². The molecule has 2 heterocycles. The van der Waals surface area contributed by atoms with Crippen LogP contribution in [0.25, 0.3) is 0 Å². The van der Waals surface area contributed by atoms with Gasteiger partial charge in [-0.15, -0.1) is 0 Å². The second-order valence-corrected chi connectivity index (χ2v) is 5.93. The smallest absolute Gasteiger partial charge is 0.225 e. The minimum absolute atomic E-state index is 0.143. The molecule has 0 radical (unpaired) electrons. The van der Waals surface area contributed by atoms with E-state index in [-0.39, 0.29) is 17.6 Å². The Morgan fingerprint density at radius 1 is 1.35 bits per heavy atom. The van der Waals surface area contributed by atoms with Gasteiger partial charge < -0.3 is 15.0 Å². The van der Waals surface area contributed by atoms with Crippen LogP contribution >= 0.6 is 0 Å². The highest BCUT2D eigenvalue weighted by Crippen LogP contribution is 2.24. The standard InChI is InChI=1S/C13H24N2O2/c1-10-8-15(9-13(2,3)17-10)12(16)11-4-6-14-7-5-11/h10-11,14H,4-9H2,1-3H3. The number of piperidine rings is 1. The van der Waals surface area contributed by atoms with Crippen molar-refractivity contribution in [2.75, 3.05) is 26.2 Å². The molecule has 0 aliphatic carbocycles. The summed E-state index contributed by atoms with van der Waals surface area (Å²) in [5.41, 5.74) is -0.208. The molecule has 1 amide bonds. The summed E-state index contributed by atoms with van der Waals surface area (Å²) in [6.07, 6.45) is 2.10. The molecular formula is C13H24N2O2. The van der Waals surface area contributed by atoms with Gasteiger partial charge in [-0.2, -0.15) is 0 Å². The van der Waals surface area contributed by atoms with Crippen molar-refractivity contribution in [1.82, 2.24) is 10.2 Å². The molecule has 2 saturated heterocycles. The lowest BCUT2D eigenvalue weighted by molar-refractivity contribution is -0.162. The van der Waals surface area contributed by atoms with Crippen LogP contribution in [0.4, 0.5) is 0 Å². The predicted molar refractivity (Wildman–Crippen MR) is 66.8 cm³/mol. The number of morpholine rings is 1. The number of amides is 1. The summed E-state index contributed by atoms with van der Waals surface area (Å²) in [5.74, 6) is 0.548. The van der Waals surface area contributed by atoms with Gasteiger partial charge in [-0.05, 0) is 46.7 Å². The van der Waals surface area contributed by atoms with E-state index in [2.05, 4.69) is 19.2 Å². The normalized spacial score (nSPS) is 30.3. The molecule has 98 valence electrons. The summed E-state index contributed by atoms with van der Waals surface area (Å²) in [7, 11) is 0. The van der Waals surface area contributed by atoms with E-state index in [4.69, 9.17) is 4.74 Å². The van der Waals surface area contributed by atoms with Crippen molar-refractivity contribution in [2.24, 2.45) is 5.92 Å². The molecule has 4 heteroatoms. The van der Waals surface area contributed by atoms with E-state index in [1.54, 1.807) is 0 Å². The van der Waals surface area contributed by atoms with Gasteiger partial charge >= 0.3 is 0 Å². The number of carbonyl (C=O) groups is 1. The van der Waals surface area contributed by atoms with Crippen molar-refractivity contribution in [3.63, 3.8) is 0 Å². The highest BCUT2D eigenvalue weighted by molar-refractivity contribution is 5.79. The maximum Gasteiger partial charge on any atom is 0.225 e. The number of nitrogens with zero attached hydrogens (tertiary/aromatic N) is 1. The summed E-state index contributed by atoms with van der Waals surface area (Å²) in [5, 5.41) is 3.30. The van der Waals surface area contributed by atoms with Crippen LogP contribution in [0.5, 0.6) is 0 Å². The van der Waals surface area contributed by atoms with Crippen molar-refractivity contribution in [3.8, 4) is 0 Å². The highest BCUT2D eigenvalue weighted by atomic mass is 16.5. The van der Waals surface area contributed by atoms with Crippen LogP contribution in [-0.4, -0.2) is 48.7 Å². The summed E-state index contributed by atoms with van der Waals surface area (Å²) >= 11 is 0. The molecule has 17 heavy (non-hydrogen) atoms. The van der Waals surface area contributed by atoms with Crippen LogP contribution in [0.3, 0.4) is 0 Å². The number of carbonyl (C=O) groups excluding carboxylic acids is 1. The Hall–Kier alpha value is -0.610. The first-order valence-corrected chi connectivity index (χ1v) is 6.65. The van der Waals surface area contributed by atoms with Crippen LogP contribution in [0.1, 0.15) is 33.6 Å². The van der Waals surface area contributed by atoms with E-state index in [0.29, 0.717) is 5.91 Å². The summed E-state index contributed by atoms with van der Waals surface area (Å²) in [4.78, 5) is 14.4. The second kappa shape index (κ2) is 4.94. The molecule has 2 aliphatic rings. The average Bonchev–Trinajstić information content (AvgIpc) is 2.26. The minimum Gasteiger partial charge on any atom is -0.369 e. The van der Waals surface area contributed by atoms with Gasteiger partial charge in [0, 0.05) is 19.0 Å². The second-order valence-electron chi connectivity index (χ2n) is 5.93. The quantitative estimate of drug-likeness (QED) is 0.744. The summed E-state index contributed by atoms with van der Waals surface area (Å²) < 4.78 is 5.84. The lowest BCUT2D eigenvalue weighted by Crippen LogP contribution is -2.55. The molecule has 4 nitrogen and oxygen atoms in total. The van der Waals surface area contributed by atoms with E-state index in [1.807, 2.05) is 11.8 Å². The number of nitrogens with one attached hydrogen (secondary N) is 1. The third kappa shape index (κ3) is 3.19. The molecule has 0 aromatic carbocycles. The van der Waals surface area contributed by atoms with Gasteiger partial charge in [0.25, 0.3) is 0 Å². The van der Waals surface area contributed by atoms with Gasteiger partial charge in [0.15, 0.2) is 0 Å². The first kappa shape index (κ1) is 12.8. The van der Waals surface area contributed by atoms with E-state index in [1.165, 1.54) is 0 Å². The Labute approximate surface area is 104 Å². The molecule has 1 atom stereocenters. The highest BCUT2D eigenvalue weighted by Gasteiger charge is 2.36. The minimum atomic E-state index is -0.208. The Balaban J connectivity index is 1.98. The SMILES string of the molecule is CC1CN(C(=O)C2CCNCC2)CC(C)(C)O1. The van der Waals surface area contributed by atoms with Crippen molar-refractivity contribution in [2.45, 2.75) is 45.3 Å². The topological polar surface area (TPSA) is 41.6 Å². The zero-order valence-corrected chi connectivity index (χ0v) is 11.2. The van der Waals surface area contributed by atoms with Crippen LogP contribution in [0.2, 0.25) is 0 Å². The van der Waals surface area contributed by atoms with E-state index >= 15 is 0 Å². The third-order valence-corrected chi connectivity index (χ3v) is 3.57. The molecular weight excluding hydrogens is 216 g/mol. The Kier molecular flexibility index (Phi) is 3.73. The molecule has 0 bridgehead atoms. The van der Waals surface area contributed by atoms with Gasteiger partial charge in [-0.3, -0.25) is 4.79 Å². The van der Waals surface area contributed by atoms with Crippen LogP contribution in [0, 0.1) is 5.92 Å². The molecule has 2 rings (SSSR count).